The Morgan fingerprint density at radius 2 is 1.74 bits per heavy atom. The highest BCUT2D eigenvalue weighted by Crippen LogP contribution is 2.37. The Morgan fingerprint density at radius 1 is 1.03 bits per heavy atom. The minimum absolute atomic E-state index is 0. The summed E-state index contributed by atoms with van der Waals surface area (Å²) in [4.78, 5) is 10.1. The van der Waals surface area contributed by atoms with Crippen molar-refractivity contribution in [3.05, 3.63) is 76.0 Å². The Labute approximate surface area is 213 Å². The lowest BCUT2D eigenvalue weighted by atomic mass is 9.95. The average molecular weight is 474 g/mol. The van der Waals surface area contributed by atoms with E-state index in [0.717, 1.165) is 31.7 Å². The van der Waals surface area contributed by atoms with Crippen LogP contribution < -0.4 is 9.80 Å². The second kappa shape index (κ2) is 11.3. The Kier molecular flexibility index (Phi) is 8.60. The van der Waals surface area contributed by atoms with Gasteiger partial charge in [0, 0.05) is 68.4 Å². The van der Waals surface area contributed by atoms with E-state index in [9.17, 15) is 0 Å². The molecular weight excluding hydrogens is 430 g/mol. The Bertz CT molecular complexity index is 1150. The molecule has 0 bridgehead atoms. The quantitative estimate of drug-likeness (QED) is 0.367. The fourth-order valence-corrected chi connectivity index (χ4v) is 5.07. The van der Waals surface area contributed by atoms with Crippen LogP contribution in [0.4, 0.5) is 11.4 Å². The van der Waals surface area contributed by atoms with Gasteiger partial charge < -0.3 is 14.5 Å². The van der Waals surface area contributed by atoms with Gasteiger partial charge in [-0.15, -0.1) is 0 Å². The van der Waals surface area contributed by atoms with Crippen LogP contribution in [-0.2, 0) is 17.7 Å². The molecule has 0 unspecified atom stereocenters. The first-order valence-corrected chi connectivity index (χ1v) is 12.4. The number of ether oxygens (including phenoxy) is 1. The van der Waals surface area contributed by atoms with E-state index in [1.54, 1.807) is 7.11 Å². The van der Waals surface area contributed by atoms with Crippen LogP contribution in [-0.4, -0.2) is 38.8 Å². The summed E-state index contributed by atoms with van der Waals surface area (Å²) in [7, 11) is 3.94. The molecule has 0 atom stereocenters. The molecule has 1 aliphatic heterocycles. The molecular formula is C31H43N3O. The highest BCUT2D eigenvalue weighted by molar-refractivity contribution is 5.74. The summed E-state index contributed by atoms with van der Waals surface area (Å²) in [6.45, 7) is 14.5. The van der Waals surface area contributed by atoms with Gasteiger partial charge in [0.05, 0.1) is 12.3 Å². The van der Waals surface area contributed by atoms with E-state index in [2.05, 4.69) is 93.9 Å². The van der Waals surface area contributed by atoms with Gasteiger partial charge >= 0.3 is 0 Å². The smallest absolute Gasteiger partial charge is 0.0731 e. The molecule has 0 saturated heterocycles. The third kappa shape index (κ3) is 5.54. The van der Waals surface area contributed by atoms with Crippen LogP contribution >= 0.6 is 0 Å². The monoisotopic (exact) mass is 473 g/mol. The number of likely N-dealkylation sites (N-methyl/N-ethyl adjacent to an activating group) is 1. The summed E-state index contributed by atoms with van der Waals surface area (Å²) in [6.07, 6.45) is 0.949. The lowest BCUT2D eigenvalue weighted by Crippen LogP contribution is -2.34. The fraction of sp³-hybridized carbons (Fsp3) is 0.452. The van der Waals surface area contributed by atoms with Crippen LogP contribution in [0.25, 0.3) is 11.3 Å². The Morgan fingerprint density at radius 3 is 2.40 bits per heavy atom. The number of pyridine rings is 1. The molecule has 188 valence electrons. The molecule has 0 radical (unpaired) electrons. The van der Waals surface area contributed by atoms with Crippen molar-refractivity contribution in [3.8, 4) is 11.3 Å². The summed E-state index contributed by atoms with van der Waals surface area (Å²) >= 11 is 0. The maximum atomic E-state index is 5.41. The summed E-state index contributed by atoms with van der Waals surface area (Å²) in [5.41, 5.74) is 12.8. The predicted molar refractivity (Wildman–Crippen MR) is 151 cm³/mol. The zero-order chi connectivity index (χ0) is 24.4. The first kappa shape index (κ1) is 26.7. The van der Waals surface area contributed by atoms with Crippen LogP contribution in [0.15, 0.2) is 42.5 Å². The van der Waals surface area contributed by atoms with Crippen molar-refractivity contribution < 1.29 is 4.74 Å². The van der Waals surface area contributed by atoms with Crippen molar-refractivity contribution in [2.24, 2.45) is 0 Å². The molecule has 0 aliphatic carbocycles. The average Bonchev–Trinajstić information content (AvgIpc) is 2.81. The molecule has 0 spiro atoms. The van der Waals surface area contributed by atoms with Gasteiger partial charge in [-0.1, -0.05) is 51.6 Å². The SMILES string of the molecule is C.COCCN(C)c1cc(-c2c(C)cccc2C)nc2c1CN(c1cc(C(C)C)ccc1C)CC2. The van der Waals surface area contributed by atoms with Crippen LogP contribution in [0, 0.1) is 20.8 Å². The van der Waals surface area contributed by atoms with Crippen LogP contribution in [0.1, 0.15) is 60.7 Å². The Hall–Kier alpha value is -2.85. The van der Waals surface area contributed by atoms with E-state index in [1.807, 2.05) is 0 Å². The topological polar surface area (TPSA) is 28.6 Å². The number of hydrogen-bond donors (Lipinski definition) is 0. The molecule has 4 heteroatoms. The van der Waals surface area contributed by atoms with E-state index in [1.165, 1.54) is 50.4 Å². The van der Waals surface area contributed by atoms with Crippen molar-refractivity contribution in [2.45, 2.75) is 60.9 Å². The molecule has 0 N–H and O–H groups in total. The number of nitrogens with zero attached hydrogens (tertiary/aromatic N) is 3. The van der Waals surface area contributed by atoms with Crippen molar-refractivity contribution in [3.63, 3.8) is 0 Å². The predicted octanol–water partition coefficient (Wildman–Crippen LogP) is 7.08. The van der Waals surface area contributed by atoms with Gasteiger partial charge in [0.15, 0.2) is 0 Å². The van der Waals surface area contributed by atoms with Gasteiger partial charge in [0.25, 0.3) is 0 Å². The van der Waals surface area contributed by atoms with Crippen LogP contribution in [0.3, 0.4) is 0 Å². The summed E-state index contributed by atoms with van der Waals surface area (Å²) in [5.74, 6) is 0.522. The van der Waals surface area contributed by atoms with E-state index in [-0.39, 0.29) is 7.43 Å². The molecule has 3 aromatic rings. The maximum Gasteiger partial charge on any atom is 0.0731 e. The van der Waals surface area contributed by atoms with Gasteiger partial charge in [0.2, 0.25) is 0 Å². The number of anilines is 2. The number of hydrogen-bond acceptors (Lipinski definition) is 4. The molecule has 2 aromatic carbocycles. The minimum atomic E-state index is 0. The van der Waals surface area contributed by atoms with E-state index in [4.69, 9.17) is 9.72 Å². The third-order valence-electron chi connectivity index (χ3n) is 7.17. The number of aromatic nitrogens is 1. The molecule has 35 heavy (non-hydrogen) atoms. The second-order valence-electron chi connectivity index (χ2n) is 10.0. The molecule has 1 aromatic heterocycles. The van der Waals surface area contributed by atoms with Crippen molar-refractivity contribution >= 4 is 11.4 Å². The summed E-state index contributed by atoms with van der Waals surface area (Å²) in [6, 6.07) is 15.7. The lowest BCUT2D eigenvalue weighted by molar-refractivity contribution is 0.206. The zero-order valence-corrected chi connectivity index (χ0v) is 21.9. The summed E-state index contributed by atoms with van der Waals surface area (Å²) < 4.78 is 5.41. The molecule has 2 heterocycles. The van der Waals surface area contributed by atoms with Crippen molar-refractivity contribution in [1.82, 2.24) is 4.98 Å². The van der Waals surface area contributed by atoms with E-state index >= 15 is 0 Å². The van der Waals surface area contributed by atoms with Gasteiger partial charge in [-0.05, 0) is 61.1 Å². The number of benzene rings is 2. The van der Waals surface area contributed by atoms with Crippen LogP contribution in [0.2, 0.25) is 0 Å². The van der Waals surface area contributed by atoms with Gasteiger partial charge in [-0.3, -0.25) is 4.98 Å². The van der Waals surface area contributed by atoms with Crippen LogP contribution in [0.5, 0.6) is 0 Å². The Balaban J connectivity index is 0.00000342. The maximum absolute atomic E-state index is 5.41. The second-order valence-corrected chi connectivity index (χ2v) is 10.0. The molecule has 0 saturated carbocycles. The molecule has 0 fully saturated rings. The van der Waals surface area contributed by atoms with E-state index < -0.39 is 0 Å². The number of fused-ring (bicyclic) bond motifs is 1. The van der Waals surface area contributed by atoms with E-state index in [0.29, 0.717) is 12.5 Å². The number of aryl methyl sites for hydroxylation is 3. The third-order valence-corrected chi connectivity index (χ3v) is 7.17. The molecule has 1 aliphatic rings. The fourth-order valence-electron chi connectivity index (χ4n) is 5.07. The standard InChI is InChI=1S/C30H39N3O.CH4/c1-20(2)24-12-11-21(3)28(17-24)33-14-13-26-25(19-33)29(32(6)15-16-34-7)18-27(31-26)30-22(4)9-8-10-23(30)5;/h8-12,17-18,20H,13-16,19H2,1-7H3;1H4. The highest BCUT2D eigenvalue weighted by Gasteiger charge is 2.25. The molecule has 4 nitrogen and oxygen atoms in total. The van der Waals surface area contributed by atoms with Gasteiger partial charge in [-0.25, -0.2) is 0 Å². The molecule has 0 amide bonds. The number of rotatable bonds is 7. The van der Waals surface area contributed by atoms with Crippen molar-refractivity contribution in [1.29, 1.82) is 0 Å². The first-order valence-electron chi connectivity index (χ1n) is 12.4. The first-order chi connectivity index (χ1) is 16.3. The number of methoxy groups -OCH3 is 1. The lowest BCUT2D eigenvalue weighted by Gasteiger charge is -2.35. The van der Waals surface area contributed by atoms with Gasteiger partial charge in [-0.2, -0.15) is 0 Å². The highest BCUT2D eigenvalue weighted by atomic mass is 16.5. The minimum Gasteiger partial charge on any atom is -0.383 e. The zero-order valence-electron chi connectivity index (χ0n) is 21.9. The molecule has 4 rings (SSSR count). The normalized spacial score (nSPS) is 13.0. The van der Waals surface area contributed by atoms with Crippen molar-refractivity contribution in [2.75, 3.05) is 43.7 Å². The summed E-state index contributed by atoms with van der Waals surface area (Å²) in [5, 5.41) is 0. The largest absolute Gasteiger partial charge is 0.383 e. The van der Waals surface area contributed by atoms with Gasteiger partial charge in [0.1, 0.15) is 0 Å².